The Kier molecular flexibility index (Phi) is 5.47. The molecule has 3 aromatic rings. The number of hydrogen-bond donors (Lipinski definition) is 2. The van der Waals surface area contributed by atoms with E-state index in [0.717, 1.165) is 22.6 Å². The van der Waals surface area contributed by atoms with Crippen LogP contribution in [0.2, 0.25) is 0 Å². The highest BCUT2D eigenvalue weighted by atomic mass is 19.1. The lowest BCUT2D eigenvalue weighted by Gasteiger charge is -2.09. The second-order valence-electron chi connectivity index (χ2n) is 6.19. The molecule has 0 saturated carbocycles. The summed E-state index contributed by atoms with van der Waals surface area (Å²) in [6.07, 6.45) is 0.243. The molecule has 1 aromatic heterocycles. The van der Waals surface area contributed by atoms with Gasteiger partial charge < -0.3 is 9.67 Å². The molecule has 138 valence electrons. The molecule has 2 N–H and O–H groups in total. The molecule has 0 spiro atoms. The monoisotopic (exact) mass is 365 g/mol. The van der Waals surface area contributed by atoms with Gasteiger partial charge >= 0.3 is 0 Å². The highest BCUT2D eigenvalue weighted by molar-refractivity contribution is 5.86. The van der Waals surface area contributed by atoms with Crippen LogP contribution < -0.4 is 5.43 Å². The number of aliphatic hydroxyl groups excluding tert-OH is 1. The number of hydrogen-bond acceptors (Lipinski definition) is 3. The second kappa shape index (κ2) is 7.97. The lowest BCUT2D eigenvalue weighted by atomic mass is 10.1. The van der Waals surface area contributed by atoms with Crippen LogP contribution in [0.15, 0.2) is 65.8 Å². The fourth-order valence-electron chi connectivity index (χ4n) is 2.92. The molecular weight excluding hydrogens is 345 g/mol. The smallest absolute Gasteiger partial charge is 0.273 e. The third-order valence-electron chi connectivity index (χ3n) is 4.30. The molecule has 1 heterocycles. The molecule has 0 fully saturated rings. The summed E-state index contributed by atoms with van der Waals surface area (Å²) < 4.78 is 15.1. The normalized spacial score (nSPS) is 12.3. The molecule has 0 saturated heterocycles. The Morgan fingerprint density at radius 2 is 1.81 bits per heavy atom. The number of carbonyl (C=O) groups is 1. The van der Waals surface area contributed by atoms with Gasteiger partial charge in [0.2, 0.25) is 0 Å². The van der Waals surface area contributed by atoms with Crippen molar-refractivity contribution in [1.82, 2.24) is 9.99 Å². The number of nitrogens with one attached hydrogen (secondary N) is 1. The Morgan fingerprint density at radius 1 is 1.15 bits per heavy atom. The zero-order valence-corrected chi connectivity index (χ0v) is 15.1. The third-order valence-corrected chi connectivity index (χ3v) is 4.30. The molecule has 3 rings (SSSR count). The molecule has 6 heteroatoms. The maximum absolute atomic E-state index is 13.1. The van der Waals surface area contributed by atoms with Crippen LogP contribution in [0.3, 0.4) is 0 Å². The molecule has 27 heavy (non-hydrogen) atoms. The summed E-state index contributed by atoms with van der Waals surface area (Å²) in [5, 5.41) is 14.0. The molecule has 0 unspecified atom stereocenters. The van der Waals surface area contributed by atoms with Crippen LogP contribution in [0.4, 0.5) is 4.39 Å². The van der Waals surface area contributed by atoms with Gasteiger partial charge in [-0.05, 0) is 49.7 Å². The van der Waals surface area contributed by atoms with Crippen molar-refractivity contribution in [2.24, 2.45) is 5.10 Å². The number of aryl methyl sites for hydroxylation is 1. The standard InChI is InChI=1S/C21H20FN3O2/c1-14-12-17(15(2)25(14)19-10-8-18(22)9-11-19)13-23-24-21(27)20(26)16-6-4-3-5-7-16/h3-13,20,26H,1-2H3,(H,24,27)/b23-13-/t20-/m1/s1. The van der Waals surface area contributed by atoms with Crippen molar-refractivity contribution >= 4 is 12.1 Å². The van der Waals surface area contributed by atoms with Crippen molar-refractivity contribution in [2.75, 3.05) is 0 Å². The highest BCUT2D eigenvalue weighted by Gasteiger charge is 2.16. The van der Waals surface area contributed by atoms with E-state index in [9.17, 15) is 14.3 Å². The van der Waals surface area contributed by atoms with Crippen LogP contribution in [-0.4, -0.2) is 21.8 Å². The largest absolute Gasteiger partial charge is 0.378 e. The van der Waals surface area contributed by atoms with Gasteiger partial charge in [0.15, 0.2) is 6.10 Å². The Labute approximate surface area is 156 Å². The number of carbonyl (C=O) groups excluding carboxylic acids is 1. The van der Waals surface area contributed by atoms with E-state index in [0.29, 0.717) is 5.56 Å². The van der Waals surface area contributed by atoms with Crippen LogP contribution in [0.25, 0.3) is 5.69 Å². The lowest BCUT2D eigenvalue weighted by Crippen LogP contribution is -2.25. The molecule has 0 aliphatic carbocycles. The van der Waals surface area contributed by atoms with Crippen molar-refractivity contribution in [3.63, 3.8) is 0 Å². The summed E-state index contributed by atoms with van der Waals surface area (Å²) in [4.78, 5) is 12.0. The predicted molar refractivity (Wildman–Crippen MR) is 102 cm³/mol. The van der Waals surface area contributed by atoms with E-state index < -0.39 is 12.0 Å². The fraction of sp³-hybridized carbons (Fsp3) is 0.143. The summed E-state index contributed by atoms with van der Waals surface area (Å²) in [5.74, 6) is -0.896. The van der Waals surface area contributed by atoms with Crippen LogP contribution in [0.5, 0.6) is 0 Å². The van der Waals surface area contributed by atoms with Crippen LogP contribution in [0.1, 0.15) is 28.6 Å². The first-order chi connectivity index (χ1) is 13.0. The zero-order valence-electron chi connectivity index (χ0n) is 15.1. The van der Waals surface area contributed by atoms with E-state index in [2.05, 4.69) is 10.5 Å². The van der Waals surface area contributed by atoms with Gasteiger partial charge in [-0.1, -0.05) is 30.3 Å². The van der Waals surface area contributed by atoms with E-state index >= 15 is 0 Å². The first-order valence-corrected chi connectivity index (χ1v) is 8.48. The van der Waals surface area contributed by atoms with E-state index in [1.54, 1.807) is 36.4 Å². The van der Waals surface area contributed by atoms with Gasteiger partial charge in [-0.2, -0.15) is 5.10 Å². The van der Waals surface area contributed by atoms with Gasteiger partial charge in [-0.3, -0.25) is 4.79 Å². The fourth-order valence-corrected chi connectivity index (χ4v) is 2.92. The Hall–Kier alpha value is -3.25. The highest BCUT2D eigenvalue weighted by Crippen LogP contribution is 2.20. The summed E-state index contributed by atoms with van der Waals surface area (Å²) in [5.41, 5.74) is 6.37. The maximum atomic E-state index is 13.1. The Balaban J connectivity index is 1.73. The van der Waals surface area contributed by atoms with Gasteiger partial charge in [0, 0.05) is 22.6 Å². The van der Waals surface area contributed by atoms with Gasteiger partial charge in [-0.25, -0.2) is 9.82 Å². The van der Waals surface area contributed by atoms with Crippen LogP contribution in [0, 0.1) is 19.7 Å². The first kappa shape index (κ1) is 18.5. The number of nitrogens with zero attached hydrogens (tertiary/aromatic N) is 2. The van der Waals surface area contributed by atoms with Gasteiger partial charge in [0.1, 0.15) is 5.82 Å². The summed E-state index contributed by atoms with van der Waals surface area (Å²) in [6.45, 7) is 3.85. The number of benzene rings is 2. The minimum atomic E-state index is -1.28. The van der Waals surface area contributed by atoms with Crippen molar-refractivity contribution in [2.45, 2.75) is 20.0 Å². The average Bonchev–Trinajstić information content (AvgIpc) is 2.96. The third kappa shape index (κ3) is 4.12. The zero-order chi connectivity index (χ0) is 19.4. The summed E-state index contributed by atoms with van der Waals surface area (Å²) in [7, 11) is 0. The Bertz CT molecular complexity index is 963. The molecular formula is C21H20FN3O2. The first-order valence-electron chi connectivity index (χ1n) is 8.48. The molecule has 1 amide bonds. The van der Waals surface area contributed by atoms with E-state index in [1.807, 2.05) is 30.5 Å². The van der Waals surface area contributed by atoms with Gasteiger partial charge in [0.05, 0.1) is 6.21 Å². The minimum Gasteiger partial charge on any atom is -0.378 e. The summed E-state index contributed by atoms with van der Waals surface area (Å²) >= 11 is 0. The Morgan fingerprint density at radius 3 is 2.48 bits per heavy atom. The number of rotatable bonds is 5. The van der Waals surface area contributed by atoms with Gasteiger partial charge in [0.25, 0.3) is 5.91 Å². The molecule has 0 aliphatic heterocycles. The maximum Gasteiger partial charge on any atom is 0.273 e. The number of amides is 1. The molecule has 2 aromatic carbocycles. The molecule has 0 bridgehead atoms. The molecule has 1 atom stereocenters. The number of hydrazone groups is 1. The molecule has 0 radical (unpaired) electrons. The van der Waals surface area contributed by atoms with Crippen molar-refractivity contribution in [1.29, 1.82) is 0 Å². The average molecular weight is 365 g/mol. The van der Waals surface area contributed by atoms with Crippen LogP contribution >= 0.6 is 0 Å². The van der Waals surface area contributed by atoms with E-state index in [-0.39, 0.29) is 5.82 Å². The SMILES string of the molecule is Cc1cc(/C=N\NC(=O)[C@H](O)c2ccccc2)c(C)n1-c1ccc(F)cc1. The minimum absolute atomic E-state index is 0.289. The van der Waals surface area contributed by atoms with Crippen molar-refractivity contribution < 1.29 is 14.3 Å². The van der Waals surface area contributed by atoms with E-state index in [4.69, 9.17) is 0 Å². The number of aliphatic hydroxyl groups is 1. The second-order valence-corrected chi connectivity index (χ2v) is 6.19. The predicted octanol–water partition coefficient (Wildman–Crippen LogP) is 3.42. The number of halogens is 1. The quantitative estimate of drug-likeness (QED) is 0.537. The number of aromatic nitrogens is 1. The van der Waals surface area contributed by atoms with E-state index in [1.165, 1.54) is 18.3 Å². The summed E-state index contributed by atoms with van der Waals surface area (Å²) in [6, 6.07) is 16.8. The molecule has 0 aliphatic rings. The van der Waals surface area contributed by atoms with Crippen molar-refractivity contribution in [3.05, 3.63) is 89.0 Å². The van der Waals surface area contributed by atoms with Crippen molar-refractivity contribution in [3.8, 4) is 5.69 Å². The molecule has 5 nitrogen and oxygen atoms in total. The van der Waals surface area contributed by atoms with Crippen LogP contribution in [-0.2, 0) is 4.79 Å². The lowest BCUT2D eigenvalue weighted by molar-refractivity contribution is -0.129. The topological polar surface area (TPSA) is 66.6 Å². The van der Waals surface area contributed by atoms with Gasteiger partial charge in [-0.15, -0.1) is 0 Å².